The molecular weight excluding hydrogens is 305 g/mol. The Balaban J connectivity index is 2.00. The Bertz CT molecular complexity index is 513. The summed E-state index contributed by atoms with van der Waals surface area (Å²) in [6, 6.07) is 2.91. The van der Waals surface area contributed by atoms with Crippen molar-refractivity contribution in [2.45, 2.75) is 44.3 Å². The van der Waals surface area contributed by atoms with Gasteiger partial charge in [-0.1, -0.05) is 30.9 Å². The molecule has 0 aromatic heterocycles. The van der Waals surface area contributed by atoms with E-state index in [9.17, 15) is 18.0 Å². The van der Waals surface area contributed by atoms with Crippen molar-refractivity contribution >= 4 is 23.3 Å². The molecule has 1 aromatic carbocycles. The number of urea groups is 1. The summed E-state index contributed by atoms with van der Waals surface area (Å²) >= 11 is 5.52. The van der Waals surface area contributed by atoms with Gasteiger partial charge < -0.3 is 10.6 Å². The fourth-order valence-corrected chi connectivity index (χ4v) is 2.64. The smallest absolute Gasteiger partial charge is 0.335 e. The van der Waals surface area contributed by atoms with Crippen LogP contribution in [0.1, 0.15) is 37.7 Å². The topological polar surface area (TPSA) is 41.1 Å². The maximum atomic E-state index is 12.7. The number of carbonyl (C=O) groups is 1. The zero-order valence-electron chi connectivity index (χ0n) is 11.3. The van der Waals surface area contributed by atoms with Crippen molar-refractivity contribution in [3.05, 3.63) is 28.8 Å². The summed E-state index contributed by atoms with van der Waals surface area (Å²) in [7, 11) is 0. The number of hydrogen-bond acceptors (Lipinski definition) is 1. The first-order valence-electron chi connectivity index (χ1n) is 6.80. The summed E-state index contributed by atoms with van der Waals surface area (Å²) in [4.78, 5) is 11.8. The number of hydrogen-bond donors (Lipinski definition) is 2. The predicted octanol–water partition coefficient (Wildman–Crippen LogP) is 4.81. The quantitative estimate of drug-likeness (QED) is 0.806. The van der Waals surface area contributed by atoms with Crippen molar-refractivity contribution in [3.8, 4) is 0 Å². The van der Waals surface area contributed by atoms with Gasteiger partial charge in [-0.3, -0.25) is 0 Å². The normalized spacial score (nSPS) is 16.6. The molecular formula is C14H16ClF3N2O. The van der Waals surface area contributed by atoms with Crippen LogP contribution in [0.5, 0.6) is 0 Å². The molecule has 1 aliphatic carbocycles. The van der Waals surface area contributed by atoms with Crippen LogP contribution in [0.2, 0.25) is 5.02 Å². The lowest BCUT2D eigenvalue weighted by Gasteiger charge is -2.23. The second-order valence-electron chi connectivity index (χ2n) is 5.13. The van der Waals surface area contributed by atoms with Crippen LogP contribution in [0.15, 0.2) is 18.2 Å². The van der Waals surface area contributed by atoms with Crippen LogP contribution in [-0.4, -0.2) is 12.1 Å². The minimum atomic E-state index is -4.55. The Hall–Kier alpha value is -1.43. The van der Waals surface area contributed by atoms with Gasteiger partial charge in [-0.05, 0) is 31.0 Å². The molecule has 3 nitrogen and oxygen atoms in total. The highest BCUT2D eigenvalue weighted by molar-refractivity contribution is 6.31. The van der Waals surface area contributed by atoms with Gasteiger partial charge in [0.25, 0.3) is 0 Å². The maximum Gasteiger partial charge on any atom is 0.417 e. The van der Waals surface area contributed by atoms with Gasteiger partial charge in [-0.15, -0.1) is 0 Å². The van der Waals surface area contributed by atoms with Crippen LogP contribution in [0.25, 0.3) is 0 Å². The Morgan fingerprint density at radius 3 is 2.48 bits per heavy atom. The van der Waals surface area contributed by atoms with Crippen LogP contribution in [0, 0.1) is 0 Å². The van der Waals surface area contributed by atoms with Crippen LogP contribution in [0.4, 0.5) is 23.7 Å². The van der Waals surface area contributed by atoms with Gasteiger partial charge in [0, 0.05) is 11.7 Å². The van der Waals surface area contributed by atoms with Gasteiger partial charge >= 0.3 is 12.2 Å². The highest BCUT2D eigenvalue weighted by atomic mass is 35.5. The number of anilines is 1. The molecule has 0 atom stereocenters. The van der Waals surface area contributed by atoms with Crippen molar-refractivity contribution in [2.75, 3.05) is 5.32 Å². The van der Waals surface area contributed by atoms with E-state index in [2.05, 4.69) is 10.6 Å². The zero-order valence-corrected chi connectivity index (χ0v) is 12.0. The molecule has 1 aliphatic rings. The first-order valence-corrected chi connectivity index (χ1v) is 7.18. The lowest BCUT2D eigenvalue weighted by Crippen LogP contribution is -2.39. The standard InChI is InChI=1S/C14H16ClF3N2O/c15-12-7-6-10(8-11(12)14(16,17)18)20-13(21)19-9-4-2-1-3-5-9/h6-9H,1-5H2,(H2,19,20,21). The summed E-state index contributed by atoms with van der Waals surface area (Å²) < 4.78 is 38.2. The zero-order chi connectivity index (χ0) is 15.5. The molecule has 1 fully saturated rings. The van der Waals surface area contributed by atoms with Gasteiger partial charge in [-0.2, -0.15) is 13.2 Å². The highest BCUT2D eigenvalue weighted by Gasteiger charge is 2.33. The molecule has 2 rings (SSSR count). The van der Waals surface area contributed by atoms with Crippen molar-refractivity contribution in [2.24, 2.45) is 0 Å². The fourth-order valence-electron chi connectivity index (χ4n) is 2.42. The monoisotopic (exact) mass is 320 g/mol. The molecule has 1 saturated carbocycles. The number of amides is 2. The van der Waals surface area contributed by atoms with E-state index in [0.29, 0.717) is 0 Å². The Labute approximate surface area is 125 Å². The number of carbonyl (C=O) groups excluding carboxylic acids is 1. The molecule has 0 saturated heterocycles. The van der Waals surface area contributed by atoms with Crippen LogP contribution in [0.3, 0.4) is 0 Å². The number of nitrogens with one attached hydrogen (secondary N) is 2. The van der Waals surface area contributed by atoms with Crippen molar-refractivity contribution in [1.82, 2.24) is 5.32 Å². The number of benzene rings is 1. The molecule has 7 heteroatoms. The molecule has 0 spiro atoms. The first kappa shape index (κ1) is 15.9. The average molecular weight is 321 g/mol. The van der Waals surface area contributed by atoms with E-state index >= 15 is 0 Å². The van der Waals surface area contributed by atoms with E-state index in [-0.39, 0.29) is 16.8 Å². The van der Waals surface area contributed by atoms with Crippen LogP contribution < -0.4 is 10.6 Å². The molecule has 1 aromatic rings. The summed E-state index contributed by atoms with van der Waals surface area (Å²) in [5.74, 6) is 0. The van der Waals surface area contributed by atoms with E-state index in [1.54, 1.807) is 0 Å². The van der Waals surface area contributed by atoms with Gasteiger partial charge in [0.1, 0.15) is 0 Å². The molecule has 21 heavy (non-hydrogen) atoms. The lowest BCUT2D eigenvalue weighted by molar-refractivity contribution is -0.137. The summed E-state index contributed by atoms with van der Waals surface area (Å²) in [5.41, 5.74) is -0.889. The molecule has 0 aliphatic heterocycles. The highest BCUT2D eigenvalue weighted by Crippen LogP contribution is 2.36. The number of alkyl halides is 3. The Morgan fingerprint density at radius 2 is 1.86 bits per heavy atom. The van der Waals surface area contributed by atoms with E-state index < -0.39 is 17.8 Å². The van der Waals surface area contributed by atoms with Crippen molar-refractivity contribution < 1.29 is 18.0 Å². The minimum Gasteiger partial charge on any atom is -0.335 e. The molecule has 2 N–H and O–H groups in total. The number of rotatable bonds is 2. The minimum absolute atomic E-state index is 0.0695. The third kappa shape index (κ3) is 4.52. The van der Waals surface area contributed by atoms with E-state index in [1.165, 1.54) is 6.07 Å². The summed E-state index contributed by atoms with van der Waals surface area (Å²) in [6.45, 7) is 0. The van der Waals surface area contributed by atoms with E-state index in [0.717, 1.165) is 44.2 Å². The largest absolute Gasteiger partial charge is 0.417 e. The van der Waals surface area contributed by atoms with Crippen LogP contribution >= 0.6 is 11.6 Å². The Kier molecular flexibility index (Phi) is 4.98. The molecule has 0 heterocycles. The third-order valence-corrected chi connectivity index (χ3v) is 3.80. The average Bonchev–Trinajstić information content (AvgIpc) is 2.41. The second kappa shape index (κ2) is 6.56. The fraction of sp³-hybridized carbons (Fsp3) is 0.500. The summed E-state index contributed by atoms with van der Waals surface area (Å²) in [5, 5.41) is 4.81. The van der Waals surface area contributed by atoms with Gasteiger partial charge in [-0.25, -0.2) is 4.79 Å². The van der Waals surface area contributed by atoms with Gasteiger partial charge in [0.05, 0.1) is 10.6 Å². The van der Waals surface area contributed by atoms with Crippen molar-refractivity contribution in [3.63, 3.8) is 0 Å². The molecule has 2 amide bonds. The third-order valence-electron chi connectivity index (χ3n) is 3.47. The van der Waals surface area contributed by atoms with Crippen LogP contribution in [-0.2, 0) is 6.18 Å². The molecule has 0 unspecified atom stereocenters. The molecule has 0 bridgehead atoms. The maximum absolute atomic E-state index is 12.7. The van der Waals surface area contributed by atoms with Crippen molar-refractivity contribution in [1.29, 1.82) is 0 Å². The van der Waals surface area contributed by atoms with E-state index in [4.69, 9.17) is 11.6 Å². The van der Waals surface area contributed by atoms with Gasteiger partial charge in [0.15, 0.2) is 0 Å². The summed E-state index contributed by atoms with van der Waals surface area (Å²) in [6.07, 6.45) is 0.540. The molecule has 116 valence electrons. The second-order valence-corrected chi connectivity index (χ2v) is 5.53. The predicted molar refractivity (Wildman–Crippen MR) is 75.5 cm³/mol. The van der Waals surface area contributed by atoms with E-state index in [1.807, 2.05) is 0 Å². The molecule has 0 radical (unpaired) electrons. The first-order chi connectivity index (χ1) is 9.86. The Morgan fingerprint density at radius 1 is 1.19 bits per heavy atom. The lowest BCUT2D eigenvalue weighted by atomic mass is 9.96. The number of halogens is 4. The van der Waals surface area contributed by atoms with Gasteiger partial charge in [0.2, 0.25) is 0 Å². The SMILES string of the molecule is O=C(Nc1ccc(Cl)c(C(F)(F)F)c1)NC1CCCCC1.